The molecule has 7 heteroatoms. The molecule has 1 aliphatic carbocycles. The molecule has 7 nitrogen and oxygen atoms in total. The van der Waals surface area contributed by atoms with Crippen molar-refractivity contribution in [3.05, 3.63) is 71.8 Å². The summed E-state index contributed by atoms with van der Waals surface area (Å²) in [6.45, 7) is 5.84. The fourth-order valence-electron chi connectivity index (χ4n) is 4.56. The average molecular weight is 453 g/mol. The summed E-state index contributed by atoms with van der Waals surface area (Å²) in [4.78, 5) is 43.4. The first-order chi connectivity index (χ1) is 15.6. The molecule has 2 amide bonds. The number of rotatable bonds is 9. The summed E-state index contributed by atoms with van der Waals surface area (Å²) >= 11 is 0. The Kier molecular flexibility index (Phi) is 7.53. The molecule has 2 aromatic rings. The molecule has 0 bridgehead atoms. The summed E-state index contributed by atoms with van der Waals surface area (Å²) in [7, 11) is 0. The molecule has 1 saturated carbocycles. The predicted molar refractivity (Wildman–Crippen MR) is 124 cm³/mol. The van der Waals surface area contributed by atoms with Crippen LogP contribution in [0.15, 0.2) is 60.7 Å². The lowest BCUT2D eigenvalue weighted by molar-refractivity contribution is -0.152. The second kappa shape index (κ2) is 10.2. The number of nitrogens with one attached hydrogen (secondary N) is 2. The predicted octanol–water partition coefficient (Wildman–Crippen LogP) is 3.49. The Balaban J connectivity index is 1.63. The van der Waals surface area contributed by atoms with Crippen molar-refractivity contribution in [1.82, 2.24) is 10.8 Å². The van der Waals surface area contributed by atoms with Gasteiger partial charge < -0.3 is 10.4 Å². The number of hydrogen-bond donors (Lipinski definition) is 3. The zero-order valence-corrected chi connectivity index (χ0v) is 19.3. The topological polar surface area (TPSA) is 105 Å². The average Bonchev–Trinajstić information content (AvgIpc) is 3.04. The molecule has 0 radical (unpaired) electrons. The number of amides is 2. The first-order valence-corrected chi connectivity index (χ1v) is 11.2. The van der Waals surface area contributed by atoms with Crippen molar-refractivity contribution in [1.29, 1.82) is 0 Å². The van der Waals surface area contributed by atoms with Crippen LogP contribution in [0.3, 0.4) is 0 Å². The summed E-state index contributed by atoms with van der Waals surface area (Å²) in [6, 6.07) is 17.7. The molecular formula is C26H32N2O5. The normalized spacial score (nSPS) is 22.3. The van der Waals surface area contributed by atoms with Gasteiger partial charge in [-0.3, -0.25) is 14.4 Å². The molecule has 0 saturated heterocycles. The monoisotopic (exact) mass is 452 g/mol. The smallest absolute Gasteiger partial charge is 0.326 e. The summed E-state index contributed by atoms with van der Waals surface area (Å²) in [5.41, 5.74) is 2.77. The number of benzene rings is 2. The number of carboxylic acids is 1. The number of aliphatic carboxylic acids is 1. The Morgan fingerprint density at radius 2 is 1.58 bits per heavy atom. The van der Waals surface area contributed by atoms with Gasteiger partial charge in [-0.1, -0.05) is 81.4 Å². The number of hydroxylamine groups is 1. The number of hydrogen-bond acceptors (Lipinski definition) is 4. The van der Waals surface area contributed by atoms with E-state index >= 15 is 0 Å². The Labute approximate surface area is 194 Å². The molecule has 1 fully saturated rings. The number of carbonyl (C=O) groups is 3. The minimum atomic E-state index is -1.09. The SMILES string of the molecule is CC1(C(=O)NOCc2ccccc2)CCC(C(=O)N[C@@H](Cc2ccccc2)C(=O)O)C1(C)C. The maximum absolute atomic E-state index is 13.1. The van der Waals surface area contributed by atoms with E-state index in [4.69, 9.17) is 4.84 Å². The van der Waals surface area contributed by atoms with E-state index in [0.717, 1.165) is 11.1 Å². The van der Waals surface area contributed by atoms with Crippen LogP contribution in [0.4, 0.5) is 0 Å². The Morgan fingerprint density at radius 3 is 2.15 bits per heavy atom. The lowest BCUT2D eigenvalue weighted by Gasteiger charge is -2.39. The zero-order valence-electron chi connectivity index (χ0n) is 19.3. The number of carbonyl (C=O) groups excluding carboxylic acids is 2. The summed E-state index contributed by atoms with van der Waals surface area (Å²) < 4.78 is 0. The number of carboxylic acid groups (broad SMARTS) is 1. The highest BCUT2D eigenvalue weighted by atomic mass is 16.6. The molecule has 3 rings (SSSR count). The third-order valence-electron chi connectivity index (χ3n) is 7.19. The maximum atomic E-state index is 13.1. The van der Waals surface area contributed by atoms with Gasteiger partial charge in [0.1, 0.15) is 6.04 Å². The van der Waals surface area contributed by atoms with Gasteiger partial charge in [-0.05, 0) is 29.4 Å². The summed E-state index contributed by atoms with van der Waals surface area (Å²) in [6.07, 6.45) is 1.17. The van der Waals surface area contributed by atoms with Gasteiger partial charge in [0.15, 0.2) is 0 Å². The van der Waals surface area contributed by atoms with E-state index in [9.17, 15) is 19.5 Å². The van der Waals surface area contributed by atoms with Gasteiger partial charge in [-0.2, -0.15) is 0 Å². The van der Waals surface area contributed by atoms with Crippen LogP contribution in [0.2, 0.25) is 0 Å². The van der Waals surface area contributed by atoms with Crippen LogP contribution in [0, 0.1) is 16.7 Å². The molecule has 3 atom stereocenters. The van der Waals surface area contributed by atoms with E-state index < -0.39 is 28.8 Å². The molecule has 0 heterocycles. The van der Waals surface area contributed by atoms with Crippen molar-refractivity contribution in [3.8, 4) is 0 Å². The summed E-state index contributed by atoms with van der Waals surface area (Å²) in [5, 5.41) is 12.3. The van der Waals surface area contributed by atoms with Crippen molar-refractivity contribution in [2.75, 3.05) is 0 Å². The summed E-state index contributed by atoms with van der Waals surface area (Å²) in [5.74, 6) is -2.21. The van der Waals surface area contributed by atoms with Crippen LogP contribution in [0.25, 0.3) is 0 Å². The van der Waals surface area contributed by atoms with Gasteiger partial charge in [-0.25, -0.2) is 10.3 Å². The van der Waals surface area contributed by atoms with Crippen LogP contribution in [0.5, 0.6) is 0 Å². The second-order valence-corrected chi connectivity index (χ2v) is 9.44. The van der Waals surface area contributed by atoms with Crippen LogP contribution in [-0.4, -0.2) is 28.9 Å². The van der Waals surface area contributed by atoms with E-state index in [0.29, 0.717) is 12.8 Å². The fraction of sp³-hybridized carbons (Fsp3) is 0.423. The molecule has 33 heavy (non-hydrogen) atoms. The standard InChI is InChI=1S/C26H32N2O5/c1-25(2)20(22(29)27-21(23(30)31)16-18-10-6-4-7-11-18)14-15-26(25,3)24(32)28-33-17-19-12-8-5-9-13-19/h4-13,20-21H,14-17H2,1-3H3,(H,27,29)(H,28,32)(H,30,31)/t20?,21-,26?/m0/s1. The Morgan fingerprint density at radius 1 is 1.00 bits per heavy atom. The molecule has 2 aromatic carbocycles. The highest BCUT2D eigenvalue weighted by Crippen LogP contribution is 2.56. The molecule has 176 valence electrons. The molecule has 0 spiro atoms. The van der Waals surface area contributed by atoms with Crippen LogP contribution in [0.1, 0.15) is 44.7 Å². The first-order valence-electron chi connectivity index (χ1n) is 11.2. The van der Waals surface area contributed by atoms with E-state index in [1.807, 2.05) is 81.4 Å². The third-order valence-corrected chi connectivity index (χ3v) is 7.19. The van der Waals surface area contributed by atoms with Crippen LogP contribution >= 0.6 is 0 Å². The quantitative estimate of drug-likeness (QED) is 0.505. The van der Waals surface area contributed by atoms with Crippen molar-refractivity contribution in [2.24, 2.45) is 16.7 Å². The van der Waals surface area contributed by atoms with Crippen molar-refractivity contribution in [2.45, 2.75) is 52.7 Å². The van der Waals surface area contributed by atoms with Crippen molar-refractivity contribution in [3.63, 3.8) is 0 Å². The Hall–Kier alpha value is -3.19. The van der Waals surface area contributed by atoms with E-state index in [2.05, 4.69) is 10.8 Å². The van der Waals surface area contributed by atoms with E-state index in [-0.39, 0.29) is 24.8 Å². The molecule has 0 aliphatic heterocycles. The van der Waals surface area contributed by atoms with E-state index in [1.54, 1.807) is 0 Å². The fourth-order valence-corrected chi connectivity index (χ4v) is 4.56. The van der Waals surface area contributed by atoms with Gasteiger partial charge in [0.05, 0.1) is 12.0 Å². The minimum Gasteiger partial charge on any atom is -0.480 e. The van der Waals surface area contributed by atoms with E-state index in [1.165, 1.54) is 0 Å². The van der Waals surface area contributed by atoms with Gasteiger partial charge in [0.2, 0.25) is 11.8 Å². The molecular weight excluding hydrogens is 420 g/mol. The third kappa shape index (κ3) is 5.42. The maximum Gasteiger partial charge on any atom is 0.326 e. The lowest BCUT2D eigenvalue weighted by atomic mass is 9.65. The van der Waals surface area contributed by atoms with Gasteiger partial charge >= 0.3 is 5.97 Å². The molecule has 1 aliphatic rings. The van der Waals surface area contributed by atoms with Gasteiger partial charge in [-0.15, -0.1) is 0 Å². The highest BCUT2D eigenvalue weighted by Gasteiger charge is 2.58. The highest BCUT2D eigenvalue weighted by molar-refractivity contribution is 5.89. The molecule has 2 unspecified atom stereocenters. The minimum absolute atomic E-state index is 0.195. The second-order valence-electron chi connectivity index (χ2n) is 9.44. The molecule has 0 aromatic heterocycles. The van der Waals surface area contributed by atoms with Crippen molar-refractivity contribution >= 4 is 17.8 Å². The Bertz CT molecular complexity index is 977. The van der Waals surface area contributed by atoms with Crippen LogP contribution in [-0.2, 0) is 32.2 Å². The lowest BCUT2D eigenvalue weighted by Crippen LogP contribution is -2.51. The largest absolute Gasteiger partial charge is 0.480 e. The van der Waals surface area contributed by atoms with Gasteiger partial charge in [0.25, 0.3) is 0 Å². The zero-order chi connectivity index (χ0) is 24.1. The first kappa shape index (κ1) is 24.5. The molecule has 3 N–H and O–H groups in total. The van der Waals surface area contributed by atoms with Crippen molar-refractivity contribution < 1.29 is 24.3 Å². The van der Waals surface area contributed by atoms with Crippen LogP contribution < -0.4 is 10.8 Å². The van der Waals surface area contributed by atoms with Gasteiger partial charge in [0, 0.05) is 12.3 Å².